The summed E-state index contributed by atoms with van der Waals surface area (Å²) in [6.45, 7) is 0. The minimum atomic E-state index is -4.68. The van der Waals surface area contributed by atoms with Crippen LogP contribution in [0.15, 0.2) is 59.7 Å². The maximum Gasteiger partial charge on any atom is 0.433 e. The molecule has 0 saturated carbocycles. The Morgan fingerprint density at radius 3 is 2.50 bits per heavy atom. The van der Waals surface area contributed by atoms with Crippen molar-refractivity contribution >= 4 is 17.4 Å². The Bertz CT molecular complexity index is 1180. The molecule has 0 fully saturated rings. The van der Waals surface area contributed by atoms with E-state index >= 15 is 0 Å². The van der Waals surface area contributed by atoms with Crippen LogP contribution in [0.3, 0.4) is 0 Å². The van der Waals surface area contributed by atoms with E-state index in [1.54, 1.807) is 24.3 Å². The number of amidine groups is 1. The summed E-state index contributed by atoms with van der Waals surface area (Å²) in [6, 6.07) is 11.4. The van der Waals surface area contributed by atoms with Crippen molar-refractivity contribution < 1.29 is 22.3 Å². The van der Waals surface area contributed by atoms with Gasteiger partial charge in [0, 0.05) is 16.8 Å². The highest BCUT2D eigenvalue weighted by molar-refractivity contribution is 6.31. The molecular weight excluding hydrogens is 422 g/mol. The third kappa shape index (κ3) is 3.08. The molecule has 2 heterocycles. The highest BCUT2D eigenvalue weighted by Gasteiger charge is 2.46. The van der Waals surface area contributed by atoms with E-state index in [9.17, 15) is 17.6 Å². The van der Waals surface area contributed by atoms with Crippen LogP contribution >= 0.6 is 11.6 Å². The molecule has 9 heteroatoms. The molecule has 1 aromatic heterocycles. The van der Waals surface area contributed by atoms with Crippen molar-refractivity contribution in [2.24, 2.45) is 10.7 Å². The number of hydrogen-bond donors (Lipinski definition) is 1. The average molecular weight is 436 g/mol. The summed E-state index contributed by atoms with van der Waals surface area (Å²) in [5.41, 5.74) is 4.14. The number of halogens is 5. The molecular formula is C21H14ClF4N3O. The number of ether oxygens (including phenoxy) is 1. The minimum Gasteiger partial charge on any atom is -0.497 e. The average Bonchev–Trinajstić information content (AvgIpc) is 3.01. The Morgan fingerprint density at radius 2 is 1.80 bits per heavy atom. The number of pyridine rings is 1. The van der Waals surface area contributed by atoms with Crippen molar-refractivity contribution in [1.82, 2.24) is 4.98 Å². The summed E-state index contributed by atoms with van der Waals surface area (Å²) in [4.78, 5) is 7.90. The lowest BCUT2D eigenvalue weighted by molar-refractivity contribution is -0.141. The van der Waals surface area contributed by atoms with Gasteiger partial charge >= 0.3 is 6.18 Å². The first-order chi connectivity index (χ1) is 14.2. The lowest BCUT2D eigenvalue weighted by atomic mass is 9.77. The number of aromatic nitrogens is 1. The first kappa shape index (κ1) is 20.2. The van der Waals surface area contributed by atoms with Crippen LogP contribution in [0.5, 0.6) is 5.75 Å². The number of benzene rings is 2. The maximum atomic E-state index is 14.7. The van der Waals surface area contributed by atoms with E-state index in [0.717, 1.165) is 18.3 Å². The third-order valence-corrected chi connectivity index (χ3v) is 5.16. The number of fused-ring (bicyclic) bond motifs is 1. The summed E-state index contributed by atoms with van der Waals surface area (Å²) < 4.78 is 60.1. The standard InChI is InChI=1S/C21H14ClF4N3O/c1-30-14-4-2-3-11(7-14)20(12-5-6-28-17(8-12)21(24,25)26)15-9-13(22)10-16(23)18(15)19(27)29-20/h2-10H,1H3,(H2,27,29). The highest BCUT2D eigenvalue weighted by Crippen LogP contribution is 2.48. The molecule has 4 nitrogen and oxygen atoms in total. The molecule has 1 unspecified atom stereocenters. The van der Waals surface area contributed by atoms with Gasteiger partial charge in [0.25, 0.3) is 0 Å². The Balaban J connectivity index is 2.10. The minimum absolute atomic E-state index is 0.00686. The number of methoxy groups -OCH3 is 1. The molecule has 154 valence electrons. The predicted molar refractivity (Wildman–Crippen MR) is 104 cm³/mol. The lowest BCUT2D eigenvalue weighted by Crippen LogP contribution is -2.26. The van der Waals surface area contributed by atoms with Gasteiger partial charge in [0.05, 0.1) is 12.7 Å². The zero-order valence-electron chi connectivity index (χ0n) is 15.5. The first-order valence-corrected chi connectivity index (χ1v) is 9.08. The molecule has 0 saturated heterocycles. The van der Waals surface area contributed by atoms with E-state index in [0.29, 0.717) is 11.3 Å². The molecule has 0 radical (unpaired) electrons. The zero-order valence-corrected chi connectivity index (χ0v) is 16.2. The second kappa shape index (κ2) is 6.98. The first-order valence-electron chi connectivity index (χ1n) is 8.70. The van der Waals surface area contributed by atoms with Crippen molar-refractivity contribution in [3.8, 4) is 5.75 Å². The van der Waals surface area contributed by atoms with E-state index in [1.807, 2.05) is 0 Å². The van der Waals surface area contributed by atoms with Crippen LogP contribution in [-0.2, 0) is 11.7 Å². The Kier molecular flexibility index (Phi) is 4.69. The van der Waals surface area contributed by atoms with Gasteiger partial charge < -0.3 is 10.5 Å². The predicted octanol–water partition coefficient (Wildman–Crippen LogP) is 4.91. The van der Waals surface area contributed by atoms with Gasteiger partial charge in [-0.15, -0.1) is 0 Å². The summed E-state index contributed by atoms with van der Waals surface area (Å²) in [6.07, 6.45) is -3.65. The summed E-state index contributed by atoms with van der Waals surface area (Å²) >= 11 is 6.09. The van der Waals surface area contributed by atoms with E-state index in [1.165, 1.54) is 19.2 Å². The fraction of sp³-hybridized carbons (Fsp3) is 0.143. The number of alkyl halides is 3. The van der Waals surface area contributed by atoms with Crippen LogP contribution in [0.25, 0.3) is 0 Å². The van der Waals surface area contributed by atoms with E-state index < -0.39 is 23.2 Å². The summed E-state index contributed by atoms with van der Waals surface area (Å²) in [5, 5.41) is 0.0634. The second-order valence-corrected chi connectivity index (χ2v) is 7.11. The number of rotatable bonds is 3. The van der Waals surface area contributed by atoms with Crippen molar-refractivity contribution in [2.45, 2.75) is 11.7 Å². The SMILES string of the molecule is COc1cccc(C2(c3ccnc(C(F)(F)F)c3)N=C(N)c3c(F)cc(Cl)cc32)c1. The number of nitrogens with two attached hydrogens (primary N) is 1. The molecule has 0 amide bonds. The summed E-state index contributed by atoms with van der Waals surface area (Å²) in [7, 11) is 1.46. The zero-order chi connectivity index (χ0) is 21.7. The molecule has 0 spiro atoms. The number of nitrogens with zero attached hydrogens (tertiary/aromatic N) is 2. The van der Waals surface area contributed by atoms with Crippen LogP contribution < -0.4 is 10.5 Å². The van der Waals surface area contributed by atoms with Crippen LogP contribution in [0.1, 0.15) is 27.9 Å². The monoisotopic (exact) mass is 435 g/mol. The molecule has 4 rings (SSSR count). The van der Waals surface area contributed by atoms with Gasteiger partial charge in [-0.2, -0.15) is 13.2 Å². The largest absolute Gasteiger partial charge is 0.497 e. The van der Waals surface area contributed by atoms with E-state index in [-0.39, 0.29) is 27.5 Å². The van der Waals surface area contributed by atoms with Crippen molar-refractivity contribution in [2.75, 3.05) is 7.11 Å². The maximum absolute atomic E-state index is 14.7. The normalized spacial score (nSPS) is 18.1. The molecule has 1 atom stereocenters. The topological polar surface area (TPSA) is 60.5 Å². The molecule has 2 N–H and O–H groups in total. The van der Waals surface area contributed by atoms with Crippen LogP contribution in [0.4, 0.5) is 17.6 Å². The van der Waals surface area contributed by atoms with Crippen LogP contribution in [-0.4, -0.2) is 17.9 Å². The van der Waals surface area contributed by atoms with Gasteiger partial charge in [0.2, 0.25) is 0 Å². The summed E-state index contributed by atoms with van der Waals surface area (Å²) in [5.74, 6) is -0.414. The Hall–Kier alpha value is -3.13. The molecule has 0 aliphatic carbocycles. The quantitative estimate of drug-likeness (QED) is 0.594. The van der Waals surface area contributed by atoms with Gasteiger partial charge in [-0.05, 0) is 47.5 Å². The van der Waals surface area contributed by atoms with Gasteiger partial charge in [-0.1, -0.05) is 23.7 Å². The van der Waals surface area contributed by atoms with Crippen LogP contribution in [0.2, 0.25) is 5.02 Å². The highest BCUT2D eigenvalue weighted by atomic mass is 35.5. The van der Waals surface area contributed by atoms with Gasteiger partial charge in [0.15, 0.2) is 0 Å². The van der Waals surface area contributed by atoms with Crippen LogP contribution in [0, 0.1) is 5.82 Å². The van der Waals surface area contributed by atoms with Gasteiger partial charge in [-0.3, -0.25) is 4.98 Å². The van der Waals surface area contributed by atoms with Crippen molar-refractivity contribution in [3.05, 3.63) is 93.5 Å². The van der Waals surface area contributed by atoms with E-state index in [2.05, 4.69) is 9.98 Å². The second-order valence-electron chi connectivity index (χ2n) is 6.68. The Morgan fingerprint density at radius 1 is 1.07 bits per heavy atom. The number of hydrogen-bond acceptors (Lipinski definition) is 4. The molecule has 1 aliphatic rings. The molecule has 3 aromatic rings. The van der Waals surface area contributed by atoms with Gasteiger partial charge in [0.1, 0.15) is 28.6 Å². The lowest BCUT2D eigenvalue weighted by Gasteiger charge is -2.30. The molecule has 30 heavy (non-hydrogen) atoms. The molecule has 0 bridgehead atoms. The molecule has 1 aliphatic heterocycles. The van der Waals surface area contributed by atoms with Crippen molar-refractivity contribution in [1.29, 1.82) is 0 Å². The fourth-order valence-corrected chi connectivity index (χ4v) is 3.89. The molecule has 2 aromatic carbocycles. The van der Waals surface area contributed by atoms with Gasteiger partial charge in [-0.25, -0.2) is 9.38 Å². The van der Waals surface area contributed by atoms with Crippen molar-refractivity contribution in [3.63, 3.8) is 0 Å². The smallest absolute Gasteiger partial charge is 0.433 e. The van der Waals surface area contributed by atoms with E-state index in [4.69, 9.17) is 22.1 Å². The third-order valence-electron chi connectivity index (χ3n) is 4.94. The fourth-order valence-electron chi connectivity index (χ4n) is 3.68. The number of aliphatic imine (C=N–C) groups is 1. The Labute approximate surface area is 174 Å².